The molecule has 1 rings (SSSR count). The van der Waals surface area contributed by atoms with Crippen LogP contribution in [0.1, 0.15) is 39.0 Å². The summed E-state index contributed by atoms with van der Waals surface area (Å²) in [5.74, 6) is 0.809. The Hall–Kier alpha value is -0.0800. The molecule has 0 aromatic carbocycles. The molecule has 0 saturated heterocycles. The maximum absolute atomic E-state index is 9.59. The second-order valence-electron chi connectivity index (χ2n) is 4.55. The summed E-state index contributed by atoms with van der Waals surface area (Å²) in [6.45, 7) is 2.25. The number of hydrogen-bond donors (Lipinski definition) is 1. The Morgan fingerprint density at radius 1 is 1.31 bits per heavy atom. The van der Waals surface area contributed by atoms with Gasteiger partial charge in [-0.05, 0) is 45.7 Å². The molecule has 3 unspecified atom stereocenters. The summed E-state index contributed by atoms with van der Waals surface area (Å²) in [7, 11) is 4.26. The molecule has 1 aliphatic rings. The third kappa shape index (κ3) is 2.96. The topological polar surface area (TPSA) is 23.5 Å². The van der Waals surface area contributed by atoms with E-state index < -0.39 is 0 Å². The summed E-state index contributed by atoms with van der Waals surface area (Å²) in [6, 6.07) is 0.601. The van der Waals surface area contributed by atoms with Crippen LogP contribution >= 0.6 is 0 Å². The van der Waals surface area contributed by atoms with Crippen molar-refractivity contribution in [1.29, 1.82) is 0 Å². The van der Waals surface area contributed by atoms with E-state index in [2.05, 4.69) is 25.9 Å². The van der Waals surface area contributed by atoms with Crippen LogP contribution in [0, 0.1) is 5.92 Å². The van der Waals surface area contributed by atoms with E-state index >= 15 is 0 Å². The molecule has 0 aliphatic heterocycles. The molecule has 13 heavy (non-hydrogen) atoms. The number of hydrogen-bond acceptors (Lipinski definition) is 2. The molecule has 1 aliphatic carbocycles. The molecule has 0 spiro atoms. The van der Waals surface area contributed by atoms with Crippen molar-refractivity contribution in [2.24, 2.45) is 5.92 Å². The molecule has 0 radical (unpaired) electrons. The third-order valence-electron chi connectivity index (χ3n) is 3.25. The van der Waals surface area contributed by atoms with Crippen molar-refractivity contribution in [2.75, 3.05) is 14.1 Å². The Bertz CT molecular complexity index is 147. The first-order valence-electron chi connectivity index (χ1n) is 5.49. The maximum atomic E-state index is 9.59. The van der Waals surface area contributed by atoms with Gasteiger partial charge in [0.15, 0.2) is 0 Å². The number of aliphatic hydroxyl groups is 1. The molecule has 0 aromatic rings. The third-order valence-corrected chi connectivity index (χ3v) is 3.25. The van der Waals surface area contributed by atoms with E-state index in [1.165, 1.54) is 19.3 Å². The first-order chi connectivity index (χ1) is 6.15. The Labute approximate surface area is 81.9 Å². The predicted molar refractivity (Wildman–Crippen MR) is 55.7 cm³/mol. The molecule has 1 fully saturated rings. The van der Waals surface area contributed by atoms with Gasteiger partial charge in [-0.25, -0.2) is 0 Å². The summed E-state index contributed by atoms with van der Waals surface area (Å²) in [4.78, 5) is 2.28. The SMILES string of the molecule is CCCC1CCC(O)CC1N(C)C. The summed E-state index contributed by atoms with van der Waals surface area (Å²) in [5, 5.41) is 9.59. The van der Waals surface area contributed by atoms with Crippen LogP contribution in [0.3, 0.4) is 0 Å². The van der Waals surface area contributed by atoms with Crippen molar-refractivity contribution in [3.63, 3.8) is 0 Å². The molecule has 0 heterocycles. The molecule has 2 heteroatoms. The largest absolute Gasteiger partial charge is 0.393 e. The molecule has 0 amide bonds. The van der Waals surface area contributed by atoms with Crippen molar-refractivity contribution >= 4 is 0 Å². The van der Waals surface area contributed by atoms with Gasteiger partial charge in [0.05, 0.1) is 6.10 Å². The quantitative estimate of drug-likeness (QED) is 0.725. The zero-order chi connectivity index (χ0) is 9.84. The highest BCUT2D eigenvalue weighted by Gasteiger charge is 2.29. The Kier molecular flexibility index (Phi) is 4.20. The van der Waals surface area contributed by atoms with Gasteiger partial charge in [-0.2, -0.15) is 0 Å². The van der Waals surface area contributed by atoms with Crippen LogP contribution in [0.25, 0.3) is 0 Å². The van der Waals surface area contributed by atoms with E-state index in [0.29, 0.717) is 6.04 Å². The molecule has 78 valence electrons. The minimum atomic E-state index is -0.0551. The van der Waals surface area contributed by atoms with E-state index in [1.807, 2.05) is 0 Å². The Balaban J connectivity index is 2.50. The zero-order valence-electron chi connectivity index (χ0n) is 9.16. The second-order valence-corrected chi connectivity index (χ2v) is 4.55. The number of aliphatic hydroxyl groups excluding tert-OH is 1. The van der Waals surface area contributed by atoms with Gasteiger partial charge in [-0.15, -0.1) is 0 Å². The minimum absolute atomic E-state index is 0.0551. The fourth-order valence-electron chi connectivity index (χ4n) is 2.53. The Morgan fingerprint density at radius 3 is 2.54 bits per heavy atom. The van der Waals surface area contributed by atoms with Gasteiger partial charge in [-0.1, -0.05) is 13.3 Å². The van der Waals surface area contributed by atoms with E-state index in [-0.39, 0.29) is 6.10 Å². The lowest BCUT2D eigenvalue weighted by molar-refractivity contribution is 0.0443. The lowest BCUT2D eigenvalue weighted by Gasteiger charge is -2.38. The van der Waals surface area contributed by atoms with Crippen molar-refractivity contribution in [2.45, 2.75) is 51.2 Å². The first-order valence-corrected chi connectivity index (χ1v) is 5.49. The van der Waals surface area contributed by atoms with Gasteiger partial charge in [0.1, 0.15) is 0 Å². The van der Waals surface area contributed by atoms with Crippen LogP contribution in [0.4, 0.5) is 0 Å². The predicted octanol–water partition coefficient (Wildman–Crippen LogP) is 1.88. The lowest BCUT2D eigenvalue weighted by Crippen LogP contribution is -2.41. The van der Waals surface area contributed by atoms with Crippen LogP contribution < -0.4 is 0 Å². The summed E-state index contributed by atoms with van der Waals surface area (Å²) in [5.41, 5.74) is 0. The fraction of sp³-hybridized carbons (Fsp3) is 1.00. The van der Waals surface area contributed by atoms with Crippen molar-refractivity contribution in [3.8, 4) is 0 Å². The summed E-state index contributed by atoms with van der Waals surface area (Å²) >= 11 is 0. The standard InChI is InChI=1S/C11H23NO/c1-4-5-9-6-7-10(13)8-11(9)12(2)3/h9-11,13H,4-8H2,1-3H3. The van der Waals surface area contributed by atoms with Gasteiger partial charge < -0.3 is 10.0 Å². The number of nitrogens with zero attached hydrogens (tertiary/aromatic N) is 1. The molecular formula is C11H23NO. The average molecular weight is 185 g/mol. The van der Waals surface area contributed by atoms with Gasteiger partial charge in [0.2, 0.25) is 0 Å². The zero-order valence-corrected chi connectivity index (χ0v) is 9.16. The molecule has 2 nitrogen and oxygen atoms in total. The summed E-state index contributed by atoms with van der Waals surface area (Å²) < 4.78 is 0. The average Bonchev–Trinajstić information content (AvgIpc) is 2.08. The molecular weight excluding hydrogens is 162 g/mol. The maximum Gasteiger partial charge on any atom is 0.0555 e. The second kappa shape index (κ2) is 4.97. The van der Waals surface area contributed by atoms with E-state index in [4.69, 9.17) is 0 Å². The smallest absolute Gasteiger partial charge is 0.0555 e. The van der Waals surface area contributed by atoms with Crippen LogP contribution in [-0.2, 0) is 0 Å². The van der Waals surface area contributed by atoms with Gasteiger partial charge >= 0.3 is 0 Å². The monoisotopic (exact) mass is 185 g/mol. The van der Waals surface area contributed by atoms with Crippen LogP contribution in [0.15, 0.2) is 0 Å². The lowest BCUT2D eigenvalue weighted by atomic mass is 9.80. The molecule has 0 bridgehead atoms. The molecule has 1 saturated carbocycles. The van der Waals surface area contributed by atoms with Crippen molar-refractivity contribution in [1.82, 2.24) is 4.90 Å². The highest BCUT2D eigenvalue weighted by Crippen LogP contribution is 2.30. The van der Waals surface area contributed by atoms with Gasteiger partial charge in [0.25, 0.3) is 0 Å². The van der Waals surface area contributed by atoms with Crippen LogP contribution in [-0.4, -0.2) is 36.2 Å². The van der Waals surface area contributed by atoms with Crippen LogP contribution in [0.2, 0.25) is 0 Å². The molecule has 0 aromatic heterocycles. The van der Waals surface area contributed by atoms with Crippen molar-refractivity contribution < 1.29 is 5.11 Å². The highest BCUT2D eigenvalue weighted by atomic mass is 16.3. The van der Waals surface area contributed by atoms with E-state index in [1.54, 1.807) is 0 Å². The fourth-order valence-corrected chi connectivity index (χ4v) is 2.53. The van der Waals surface area contributed by atoms with Crippen LogP contribution in [0.5, 0.6) is 0 Å². The number of rotatable bonds is 3. The van der Waals surface area contributed by atoms with Gasteiger partial charge in [-0.3, -0.25) is 0 Å². The van der Waals surface area contributed by atoms with E-state index in [9.17, 15) is 5.11 Å². The first kappa shape index (κ1) is 11.0. The Morgan fingerprint density at radius 2 is 2.00 bits per heavy atom. The summed E-state index contributed by atoms with van der Waals surface area (Å²) in [6.07, 6.45) is 5.71. The normalized spacial score (nSPS) is 35.3. The molecule has 1 N–H and O–H groups in total. The molecule has 3 atom stereocenters. The highest BCUT2D eigenvalue weighted by molar-refractivity contribution is 4.84. The van der Waals surface area contributed by atoms with Gasteiger partial charge in [0, 0.05) is 6.04 Å². The van der Waals surface area contributed by atoms with E-state index in [0.717, 1.165) is 18.8 Å². The van der Waals surface area contributed by atoms with Crippen molar-refractivity contribution in [3.05, 3.63) is 0 Å². The minimum Gasteiger partial charge on any atom is -0.393 e.